The topological polar surface area (TPSA) is 12.0 Å². The van der Waals surface area contributed by atoms with Crippen molar-refractivity contribution in [2.75, 3.05) is 5.32 Å². The molecule has 0 aliphatic heterocycles. The van der Waals surface area contributed by atoms with Gasteiger partial charge in [-0.05, 0) is 66.8 Å². The maximum absolute atomic E-state index is 13.2. The standard InChI is InChI=1S/C16H15BrFN/c1-10-8-12(17)3-7-15(10)19-16-6-2-11-9-13(18)4-5-14(11)16/h3-5,7-9,16,19H,2,6H2,1H3. The molecule has 0 spiro atoms. The fourth-order valence-electron chi connectivity index (χ4n) is 2.71. The minimum absolute atomic E-state index is 0.140. The zero-order valence-electron chi connectivity index (χ0n) is 10.7. The molecule has 3 heteroatoms. The van der Waals surface area contributed by atoms with Crippen molar-refractivity contribution in [2.45, 2.75) is 25.8 Å². The first-order valence-corrected chi connectivity index (χ1v) is 7.24. The second kappa shape index (κ2) is 4.97. The molecule has 1 N–H and O–H groups in total. The Hall–Kier alpha value is -1.35. The van der Waals surface area contributed by atoms with Crippen LogP contribution >= 0.6 is 15.9 Å². The van der Waals surface area contributed by atoms with Crippen molar-refractivity contribution < 1.29 is 4.39 Å². The molecule has 0 radical (unpaired) electrons. The summed E-state index contributed by atoms with van der Waals surface area (Å²) < 4.78 is 14.3. The zero-order valence-corrected chi connectivity index (χ0v) is 12.3. The molecule has 1 aliphatic carbocycles. The molecular formula is C16H15BrFN. The number of aryl methyl sites for hydroxylation is 2. The zero-order chi connectivity index (χ0) is 13.4. The highest BCUT2D eigenvalue weighted by atomic mass is 79.9. The molecule has 1 nitrogen and oxygen atoms in total. The maximum Gasteiger partial charge on any atom is 0.123 e. The van der Waals surface area contributed by atoms with Crippen molar-refractivity contribution in [2.24, 2.45) is 0 Å². The van der Waals surface area contributed by atoms with Gasteiger partial charge in [0, 0.05) is 10.2 Å². The Kier molecular flexibility index (Phi) is 3.31. The summed E-state index contributed by atoms with van der Waals surface area (Å²) in [6.45, 7) is 2.09. The van der Waals surface area contributed by atoms with Gasteiger partial charge in [-0.3, -0.25) is 0 Å². The minimum Gasteiger partial charge on any atom is -0.378 e. The van der Waals surface area contributed by atoms with E-state index in [1.807, 2.05) is 12.1 Å². The number of benzene rings is 2. The molecule has 0 amide bonds. The Morgan fingerprint density at radius 2 is 2.05 bits per heavy atom. The fourth-order valence-corrected chi connectivity index (χ4v) is 3.19. The highest BCUT2D eigenvalue weighted by molar-refractivity contribution is 9.10. The lowest BCUT2D eigenvalue weighted by molar-refractivity contribution is 0.626. The van der Waals surface area contributed by atoms with Gasteiger partial charge in [0.15, 0.2) is 0 Å². The number of rotatable bonds is 2. The van der Waals surface area contributed by atoms with Gasteiger partial charge >= 0.3 is 0 Å². The second-order valence-corrected chi connectivity index (χ2v) is 5.95. The molecule has 0 aromatic heterocycles. The Morgan fingerprint density at radius 1 is 1.21 bits per heavy atom. The first kappa shape index (κ1) is 12.7. The maximum atomic E-state index is 13.2. The van der Waals surface area contributed by atoms with Crippen LogP contribution in [0, 0.1) is 12.7 Å². The lowest BCUT2D eigenvalue weighted by Crippen LogP contribution is -2.08. The van der Waals surface area contributed by atoms with Crippen LogP contribution in [0.25, 0.3) is 0 Å². The molecule has 0 heterocycles. The third-order valence-corrected chi connectivity index (χ3v) is 4.19. The molecular weight excluding hydrogens is 305 g/mol. The molecule has 98 valence electrons. The Bertz CT molecular complexity index is 624. The van der Waals surface area contributed by atoms with Crippen LogP contribution in [0.2, 0.25) is 0 Å². The van der Waals surface area contributed by atoms with Crippen LogP contribution in [-0.2, 0) is 6.42 Å². The van der Waals surface area contributed by atoms with Crippen molar-refractivity contribution >= 4 is 21.6 Å². The van der Waals surface area contributed by atoms with Gasteiger partial charge in [0.2, 0.25) is 0 Å². The van der Waals surface area contributed by atoms with Crippen LogP contribution in [0.4, 0.5) is 10.1 Å². The highest BCUT2D eigenvalue weighted by Gasteiger charge is 2.22. The summed E-state index contributed by atoms with van der Waals surface area (Å²) in [5.74, 6) is -0.140. The van der Waals surface area contributed by atoms with Crippen LogP contribution in [0.5, 0.6) is 0 Å². The lowest BCUT2D eigenvalue weighted by atomic mass is 10.1. The molecule has 0 fully saturated rings. The predicted molar refractivity (Wildman–Crippen MR) is 80.0 cm³/mol. The van der Waals surface area contributed by atoms with Crippen LogP contribution < -0.4 is 5.32 Å². The highest BCUT2D eigenvalue weighted by Crippen LogP contribution is 2.35. The number of halogens is 2. The molecule has 0 saturated heterocycles. The summed E-state index contributed by atoms with van der Waals surface area (Å²) >= 11 is 3.47. The van der Waals surface area contributed by atoms with Gasteiger partial charge in [0.05, 0.1) is 6.04 Å². The SMILES string of the molecule is Cc1cc(Br)ccc1NC1CCc2cc(F)ccc21. The van der Waals surface area contributed by atoms with E-state index < -0.39 is 0 Å². The van der Waals surface area contributed by atoms with Gasteiger partial charge < -0.3 is 5.32 Å². The summed E-state index contributed by atoms with van der Waals surface area (Å²) in [5.41, 5.74) is 4.71. The van der Waals surface area contributed by atoms with Gasteiger partial charge in [-0.2, -0.15) is 0 Å². The van der Waals surface area contributed by atoms with Crippen molar-refractivity contribution in [1.82, 2.24) is 0 Å². The summed E-state index contributed by atoms with van der Waals surface area (Å²) in [7, 11) is 0. The van der Waals surface area contributed by atoms with Gasteiger partial charge in [-0.1, -0.05) is 22.0 Å². The monoisotopic (exact) mass is 319 g/mol. The number of hydrogen-bond donors (Lipinski definition) is 1. The quantitative estimate of drug-likeness (QED) is 0.821. The van der Waals surface area contributed by atoms with Gasteiger partial charge in [-0.15, -0.1) is 0 Å². The minimum atomic E-state index is -0.140. The molecule has 19 heavy (non-hydrogen) atoms. The van der Waals surface area contributed by atoms with E-state index in [0.29, 0.717) is 0 Å². The molecule has 2 aromatic carbocycles. The average molecular weight is 320 g/mol. The largest absolute Gasteiger partial charge is 0.378 e. The van der Waals surface area contributed by atoms with Crippen molar-refractivity contribution in [3.05, 3.63) is 63.4 Å². The number of fused-ring (bicyclic) bond motifs is 1. The van der Waals surface area contributed by atoms with E-state index in [4.69, 9.17) is 0 Å². The van der Waals surface area contributed by atoms with Crippen LogP contribution in [0.1, 0.15) is 29.2 Å². The summed E-state index contributed by atoms with van der Waals surface area (Å²) in [4.78, 5) is 0. The van der Waals surface area contributed by atoms with E-state index in [1.165, 1.54) is 11.1 Å². The van der Waals surface area contributed by atoms with Crippen LogP contribution in [0.15, 0.2) is 40.9 Å². The van der Waals surface area contributed by atoms with Crippen molar-refractivity contribution in [3.8, 4) is 0 Å². The fraction of sp³-hybridized carbons (Fsp3) is 0.250. The molecule has 1 atom stereocenters. The average Bonchev–Trinajstić information content (AvgIpc) is 2.75. The molecule has 1 aliphatic rings. The molecule has 2 aromatic rings. The molecule has 0 bridgehead atoms. The molecule has 3 rings (SSSR count). The summed E-state index contributed by atoms with van der Waals surface area (Å²) in [6, 6.07) is 11.6. The van der Waals surface area contributed by atoms with Crippen LogP contribution in [-0.4, -0.2) is 0 Å². The smallest absolute Gasteiger partial charge is 0.123 e. The Morgan fingerprint density at radius 3 is 2.84 bits per heavy atom. The van der Waals surface area contributed by atoms with Crippen LogP contribution in [0.3, 0.4) is 0 Å². The van der Waals surface area contributed by atoms with Gasteiger partial charge in [0.25, 0.3) is 0 Å². The molecule has 0 saturated carbocycles. The van der Waals surface area contributed by atoms with Gasteiger partial charge in [-0.25, -0.2) is 4.39 Å². The van der Waals surface area contributed by atoms with E-state index in [1.54, 1.807) is 12.1 Å². The summed E-state index contributed by atoms with van der Waals surface area (Å²) in [6.07, 6.45) is 1.97. The Labute approximate surface area is 121 Å². The third kappa shape index (κ3) is 2.52. The van der Waals surface area contributed by atoms with E-state index >= 15 is 0 Å². The lowest BCUT2D eigenvalue weighted by Gasteiger charge is -2.17. The predicted octanol–water partition coefficient (Wildman–Crippen LogP) is 5.00. The van der Waals surface area contributed by atoms with E-state index in [2.05, 4.69) is 40.3 Å². The first-order valence-electron chi connectivity index (χ1n) is 6.44. The second-order valence-electron chi connectivity index (χ2n) is 5.04. The number of anilines is 1. The number of nitrogens with one attached hydrogen (secondary N) is 1. The van der Waals surface area contributed by atoms with Gasteiger partial charge in [0.1, 0.15) is 5.82 Å². The summed E-state index contributed by atoms with van der Waals surface area (Å²) in [5, 5.41) is 3.57. The van der Waals surface area contributed by atoms with E-state index in [9.17, 15) is 4.39 Å². The normalized spacial score (nSPS) is 17.3. The van der Waals surface area contributed by atoms with Crippen molar-refractivity contribution in [1.29, 1.82) is 0 Å². The first-order chi connectivity index (χ1) is 9.13. The number of hydrogen-bond acceptors (Lipinski definition) is 1. The van der Waals surface area contributed by atoms with Crippen molar-refractivity contribution in [3.63, 3.8) is 0 Å². The van der Waals surface area contributed by atoms with E-state index in [0.717, 1.165) is 28.6 Å². The Balaban J connectivity index is 1.86. The van der Waals surface area contributed by atoms with E-state index in [-0.39, 0.29) is 11.9 Å². The third-order valence-electron chi connectivity index (χ3n) is 3.70. The molecule has 1 unspecified atom stereocenters.